The Kier molecular flexibility index (Phi) is 11.1. The number of hydrogen-bond donors (Lipinski definition) is 4. The zero-order chi connectivity index (χ0) is 27.2. The van der Waals surface area contributed by atoms with Crippen molar-refractivity contribution in [3.63, 3.8) is 0 Å². The highest BCUT2D eigenvalue weighted by Crippen LogP contribution is 2.33. The molecule has 1 heterocycles. The fraction of sp³-hybridized carbons (Fsp3) is 0.792. The van der Waals surface area contributed by atoms with Gasteiger partial charge in [-0.25, -0.2) is 4.79 Å². The van der Waals surface area contributed by atoms with Gasteiger partial charge in [0.2, 0.25) is 17.6 Å². The molecule has 0 aromatic rings. The van der Waals surface area contributed by atoms with Crippen LogP contribution in [-0.4, -0.2) is 59.1 Å². The first-order valence-electron chi connectivity index (χ1n) is 12.7. The maximum Gasteiger partial charge on any atom is 0.318 e. The molecule has 1 aliphatic heterocycles. The van der Waals surface area contributed by atoms with Crippen LogP contribution in [0.15, 0.2) is 0 Å². The number of nitrogens with zero attached hydrogens (tertiary/aromatic N) is 1. The summed E-state index contributed by atoms with van der Waals surface area (Å²) >= 11 is 0. The van der Waals surface area contributed by atoms with E-state index in [9.17, 15) is 24.0 Å². The summed E-state index contributed by atoms with van der Waals surface area (Å²) in [6, 6.07) is -3.10. The highest BCUT2D eigenvalue weighted by atomic mass is 31.0. The summed E-state index contributed by atoms with van der Waals surface area (Å²) in [6.45, 7) is 10.1. The molecule has 1 saturated heterocycles. The van der Waals surface area contributed by atoms with E-state index in [1.165, 1.54) is 0 Å². The molecule has 36 heavy (non-hydrogen) atoms. The summed E-state index contributed by atoms with van der Waals surface area (Å²) in [4.78, 5) is 65.8. The van der Waals surface area contributed by atoms with E-state index < -0.39 is 47.2 Å². The molecular formula is C24H43N5O5P2. The largest absolute Gasteiger partial charge is 0.344 e. The summed E-state index contributed by atoms with van der Waals surface area (Å²) in [6.07, 6.45) is 4.70. The summed E-state index contributed by atoms with van der Waals surface area (Å²) in [7, 11) is 4.12. The van der Waals surface area contributed by atoms with Crippen LogP contribution >= 0.6 is 18.8 Å². The number of Topliss-reactive ketones (excluding diaryl/α,β-unsaturated/α-hetero) is 1. The van der Waals surface area contributed by atoms with Gasteiger partial charge < -0.3 is 25.7 Å². The van der Waals surface area contributed by atoms with Gasteiger partial charge in [0.15, 0.2) is 0 Å². The van der Waals surface area contributed by atoms with Gasteiger partial charge in [0.25, 0.3) is 5.91 Å². The number of likely N-dealkylation sites (tertiary alicyclic amines) is 1. The Labute approximate surface area is 219 Å². The number of nitrogens with one attached hydrogen (secondary N) is 4. The fourth-order valence-electron chi connectivity index (χ4n) is 5.03. The lowest BCUT2D eigenvalue weighted by molar-refractivity contribution is -0.143. The van der Waals surface area contributed by atoms with Crippen molar-refractivity contribution in [2.75, 3.05) is 6.54 Å². The van der Waals surface area contributed by atoms with Crippen molar-refractivity contribution in [3.05, 3.63) is 0 Å². The fourth-order valence-corrected chi connectivity index (χ4v) is 5.26. The number of carbonyl (C=O) groups excluding carboxylic acids is 5. The van der Waals surface area contributed by atoms with E-state index in [0.717, 1.165) is 25.7 Å². The molecule has 0 aromatic carbocycles. The molecule has 0 aromatic heterocycles. The normalized spacial score (nSPS) is 21.8. The molecular weight excluding hydrogens is 500 g/mol. The molecule has 204 valence electrons. The van der Waals surface area contributed by atoms with E-state index in [1.807, 2.05) is 30.2 Å². The van der Waals surface area contributed by atoms with Gasteiger partial charge in [-0.1, -0.05) is 53.9 Å². The number of ketones is 1. The molecule has 5 amide bonds. The zero-order valence-corrected chi connectivity index (χ0v) is 24.4. The van der Waals surface area contributed by atoms with E-state index in [2.05, 4.69) is 44.0 Å². The zero-order valence-electron chi connectivity index (χ0n) is 22.1. The van der Waals surface area contributed by atoms with Gasteiger partial charge in [-0.3, -0.25) is 19.2 Å². The Morgan fingerprint density at radius 1 is 0.944 bits per heavy atom. The molecule has 2 aliphatic rings. The number of hydrogen-bond acceptors (Lipinski definition) is 5. The van der Waals surface area contributed by atoms with E-state index in [4.69, 9.17) is 0 Å². The molecule has 10 nitrogen and oxygen atoms in total. The van der Waals surface area contributed by atoms with Crippen LogP contribution in [0.3, 0.4) is 0 Å². The predicted molar refractivity (Wildman–Crippen MR) is 144 cm³/mol. The van der Waals surface area contributed by atoms with Gasteiger partial charge in [-0.15, -0.1) is 0 Å². The van der Waals surface area contributed by atoms with Crippen LogP contribution in [0.5, 0.6) is 0 Å². The summed E-state index contributed by atoms with van der Waals surface area (Å²) in [5.74, 6) is -1.47. The van der Waals surface area contributed by atoms with Gasteiger partial charge in [-0.2, -0.15) is 0 Å². The van der Waals surface area contributed by atoms with E-state index in [1.54, 1.807) is 4.90 Å². The van der Waals surface area contributed by atoms with Crippen molar-refractivity contribution < 1.29 is 24.0 Å². The topological polar surface area (TPSA) is 137 Å². The molecule has 0 bridgehead atoms. The third-order valence-electron chi connectivity index (χ3n) is 7.08. The molecule has 1 saturated carbocycles. The second-order valence-corrected chi connectivity index (χ2v) is 12.2. The highest BCUT2D eigenvalue weighted by molar-refractivity contribution is 7.15. The third-order valence-corrected chi connectivity index (χ3v) is 7.60. The number of urea groups is 1. The van der Waals surface area contributed by atoms with Crippen molar-refractivity contribution >= 4 is 48.3 Å². The molecule has 3 unspecified atom stereocenters. The van der Waals surface area contributed by atoms with Crippen LogP contribution in [0.2, 0.25) is 0 Å². The Hall–Kier alpha value is -1.79. The minimum atomic E-state index is -0.941. The predicted octanol–water partition coefficient (Wildman–Crippen LogP) is 1.90. The van der Waals surface area contributed by atoms with Crippen LogP contribution in [-0.2, 0) is 19.2 Å². The van der Waals surface area contributed by atoms with Crippen LogP contribution < -0.4 is 20.8 Å². The van der Waals surface area contributed by atoms with E-state index >= 15 is 0 Å². The molecule has 2 rings (SSSR count). The van der Waals surface area contributed by atoms with Crippen molar-refractivity contribution in [1.29, 1.82) is 0 Å². The van der Waals surface area contributed by atoms with Crippen molar-refractivity contribution in [2.45, 2.75) is 91.3 Å². The Morgan fingerprint density at radius 2 is 1.58 bits per heavy atom. The van der Waals surface area contributed by atoms with Gasteiger partial charge in [0.1, 0.15) is 12.1 Å². The van der Waals surface area contributed by atoms with Crippen LogP contribution in [0, 0.1) is 23.2 Å². The van der Waals surface area contributed by atoms with Crippen LogP contribution in [0.4, 0.5) is 4.79 Å². The molecule has 0 spiro atoms. The maximum absolute atomic E-state index is 13.8. The minimum absolute atomic E-state index is 0.108. The molecule has 1 aliphatic carbocycles. The third kappa shape index (κ3) is 8.11. The van der Waals surface area contributed by atoms with E-state index in [0.29, 0.717) is 25.3 Å². The van der Waals surface area contributed by atoms with Crippen LogP contribution in [0.1, 0.15) is 73.1 Å². The van der Waals surface area contributed by atoms with Gasteiger partial charge in [0, 0.05) is 6.54 Å². The first-order valence-corrected chi connectivity index (χ1v) is 13.9. The number of amides is 5. The monoisotopic (exact) mass is 543 g/mol. The van der Waals surface area contributed by atoms with Crippen LogP contribution in [0.25, 0.3) is 0 Å². The summed E-state index contributed by atoms with van der Waals surface area (Å²) in [5.41, 5.74) is -0.606. The van der Waals surface area contributed by atoms with Crippen molar-refractivity contribution in [2.24, 2.45) is 23.2 Å². The molecule has 2 fully saturated rings. The Bertz CT molecular complexity index is 843. The smallest absolute Gasteiger partial charge is 0.318 e. The molecule has 4 N–H and O–H groups in total. The second kappa shape index (κ2) is 13.1. The lowest BCUT2D eigenvalue weighted by Crippen LogP contribution is -2.59. The van der Waals surface area contributed by atoms with Gasteiger partial charge >= 0.3 is 6.03 Å². The molecule has 6 atom stereocenters. The number of carbonyl (C=O) groups is 5. The average Bonchev–Trinajstić information content (AvgIpc) is 3.19. The molecule has 12 heteroatoms. The maximum atomic E-state index is 13.8. The number of rotatable bonds is 10. The quantitative estimate of drug-likeness (QED) is 0.247. The Balaban J connectivity index is 2.30. The standard InChI is InChI=1S/C24H43N5O5P2/c1-13(2)9-15-11-17(29(12-15)22(33)19(24(3,4)5)26-23(34)28-36)20(31)25-16(10-14-7-6-8-14)18(30)21(32)27-35/h13-17,19H,6-12,35-36H2,1-5H3,(H,25,31)(H,27,32)(H2,26,28,34)/t15-,16?,17+,19-/m1/s1. The minimum Gasteiger partial charge on any atom is -0.344 e. The van der Waals surface area contributed by atoms with Crippen molar-refractivity contribution in [1.82, 2.24) is 25.7 Å². The summed E-state index contributed by atoms with van der Waals surface area (Å²) in [5, 5.41) is 10.2. The first-order chi connectivity index (χ1) is 16.8. The highest BCUT2D eigenvalue weighted by Gasteiger charge is 2.45. The second-order valence-electron chi connectivity index (χ2n) is 11.6. The van der Waals surface area contributed by atoms with Gasteiger partial charge in [-0.05, 0) is 61.2 Å². The SMILES string of the molecule is CC(C)C[C@@H]1C[C@@H](C(=O)NC(CC2CCC2)C(=O)C(=O)NP)N(C(=O)[C@@H](NC(=O)NP)C(C)(C)C)C1. The van der Waals surface area contributed by atoms with Crippen molar-refractivity contribution in [3.8, 4) is 0 Å². The lowest BCUT2D eigenvalue weighted by Gasteiger charge is -2.36. The molecule has 0 radical (unpaired) electrons. The summed E-state index contributed by atoms with van der Waals surface area (Å²) < 4.78 is 0. The first kappa shape index (κ1) is 30.4. The average molecular weight is 544 g/mol. The van der Waals surface area contributed by atoms with E-state index in [-0.39, 0.29) is 17.7 Å². The van der Waals surface area contributed by atoms with Gasteiger partial charge in [0.05, 0.1) is 6.04 Å². The lowest BCUT2D eigenvalue weighted by atomic mass is 9.80. The Morgan fingerprint density at radius 3 is 2.06 bits per heavy atom.